The molecule has 4 nitrogen and oxygen atoms in total. The van der Waals surface area contributed by atoms with Crippen molar-refractivity contribution in [2.24, 2.45) is 5.41 Å². The van der Waals surface area contributed by atoms with E-state index in [4.69, 9.17) is 5.11 Å². The fourth-order valence-electron chi connectivity index (χ4n) is 2.40. The summed E-state index contributed by atoms with van der Waals surface area (Å²) in [5.74, 6) is -2.55. The second kappa shape index (κ2) is 5.79. The molecule has 0 saturated carbocycles. The van der Waals surface area contributed by atoms with E-state index in [1.807, 2.05) is 0 Å². The summed E-state index contributed by atoms with van der Waals surface area (Å²) in [5, 5.41) is 9.13. The van der Waals surface area contributed by atoms with Gasteiger partial charge in [0.2, 0.25) is 5.91 Å². The predicted octanol–water partition coefficient (Wildman–Crippen LogP) is 2.22. The normalized spacial score (nSPS) is 17.6. The van der Waals surface area contributed by atoms with E-state index >= 15 is 0 Å². The molecule has 0 aliphatic carbocycles. The molecule has 1 saturated heterocycles. The van der Waals surface area contributed by atoms with Crippen molar-refractivity contribution in [3.63, 3.8) is 0 Å². The van der Waals surface area contributed by atoms with Crippen LogP contribution in [0.3, 0.4) is 0 Å². The van der Waals surface area contributed by atoms with Crippen molar-refractivity contribution in [2.75, 3.05) is 13.1 Å². The molecule has 0 radical (unpaired) electrons. The Kier molecular flexibility index (Phi) is 4.25. The van der Waals surface area contributed by atoms with E-state index in [0.717, 1.165) is 12.1 Å². The molecule has 1 aromatic carbocycles. The number of nitrogens with zero attached hydrogens (tertiary/aromatic N) is 1. The maximum Gasteiger partial charge on any atom is 0.309 e. The molecule has 1 N–H and O–H groups in total. The third-order valence-corrected chi connectivity index (χ3v) is 4.09. The maximum absolute atomic E-state index is 13.5. The largest absolute Gasteiger partial charge is 0.481 e. The third kappa shape index (κ3) is 3.37. The van der Waals surface area contributed by atoms with Crippen molar-refractivity contribution < 1.29 is 23.5 Å². The number of amides is 1. The zero-order valence-corrected chi connectivity index (χ0v) is 11.7. The molecule has 1 aliphatic heterocycles. The molecule has 0 aromatic heterocycles. The lowest BCUT2D eigenvalue weighted by molar-refractivity contribution is -0.152. The number of likely N-dealkylation sites (tertiary alicyclic amines) is 1. The van der Waals surface area contributed by atoms with E-state index in [-0.39, 0.29) is 17.9 Å². The van der Waals surface area contributed by atoms with Gasteiger partial charge in [0.25, 0.3) is 0 Å². The standard InChI is InChI=1S/C15H17F2NO3/c1-15(14(20)21)4-6-18(7-5-15)13(19)8-10-2-3-11(16)9-12(10)17/h2-3,9H,4-8H2,1H3,(H,20,21). The Morgan fingerprint density at radius 1 is 1.29 bits per heavy atom. The Hall–Kier alpha value is -1.98. The maximum atomic E-state index is 13.5. The first kappa shape index (κ1) is 15.4. The molecule has 1 aromatic rings. The monoisotopic (exact) mass is 297 g/mol. The molecular formula is C15H17F2NO3. The molecular weight excluding hydrogens is 280 g/mol. The lowest BCUT2D eigenvalue weighted by Crippen LogP contribution is -2.45. The average Bonchev–Trinajstić information content (AvgIpc) is 2.42. The van der Waals surface area contributed by atoms with Gasteiger partial charge < -0.3 is 10.0 Å². The highest BCUT2D eigenvalue weighted by atomic mass is 19.1. The first-order chi connectivity index (χ1) is 9.82. The van der Waals surface area contributed by atoms with E-state index in [1.165, 1.54) is 11.0 Å². The number of carboxylic acid groups (broad SMARTS) is 1. The van der Waals surface area contributed by atoms with E-state index < -0.39 is 23.0 Å². The van der Waals surface area contributed by atoms with Crippen LogP contribution >= 0.6 is 0 Å². The smallest absolute Gasteiger partial charge is 0.309 e. The van der Waals surface area contributed by atoms with Crippen molar-refractivity contribution in [1.29, 1.82) is 0 Å². The Bertz CT molecular complexity index is 566. The number of hydrogen-bond acceptors (Lipinski definition) is 2. The van der Waals surface area contributed by atoms with Crippen molar-refractivity contribution in [3.8, 4) is 0 Å². The van der Waals surface area contributed by atoms with Gasteiger partial charge in [0.15, 0.2) is 0 Å². The minimum atomic E-state index is -0.862. The van der Waals surface area contributed by atoms with Crippen LogP contribution in [-0.2, 0) is 16.0 Å². The molecule has 2 rings (SSSR count). The van der Waals surface area contributed by atoms with Gasteiger partial charge in [-0.3, -0.25) is 9.59 Å². The number of piperidine rings is 1. The molecule has 1 fully saturated rings. The summed E-state index contributed by atoms with van der Waals surface area (Å²) in [4.78, 5) is 24.8. The molecule has 0 bridgehead atoms. The van der Waals surface area contributed by atoms with Gasteiger partial charge in [-0.1, -0.05) is 6.07 Å². The van der Waals surface area contributed by atoms with Crippen LogP contribution < -0.4 is 0 Å². The van der Waals surface area contributed by atoms with Crippen molar-refractivity contribution in [3.05, 3.63) is 35.4 Å². The molecule has 1 aliphatic rings. The van der Waals surface area contributed by atoms with Gasteiger partial charge in [-0.05, 0) is 31.4 Å². The predicted molar refractivity (Wildman–Crippen MR) is 71.6 cm³/mol. The Morgan fingerprint density at radius 3 is 2.43 bits per heavy atom. The number of aliphatic carboxylic acids is 1. The van der Waals surface area contributed by atoms with Crippen molar-refractivity contribution in [2.45, 2.75) is 26.2 Å². The minimum absolute atomic E-state index is 0.143. The topological polar surface area (TPSA) is 57.6 Å². The van der Waals surface area contributed by atoms with Crippen LogP contribution in [0.15, 0.2) is 18.2 Å². The van der Waals surface area contributed by atoms with Gasteiger partial charge >= 0.3 is 5.97 Å². The Labute approximate surface area is 121 Å². The number of carboxylic acids is 1. The molecule has 114 valence electrons. The summed E-state index contributed by atoms with van der Waals surface area (Å²) in [6.07, 6.45) is 0.607. The number of halogens is 2. The first-order valence-electron chi connectivity index (χ1n) is 6.77. The van der Waals surface area contributed by atoms with Crippen LogP contribution in [0.25, 0.3) is 0 Å². The number of hydrogen-bond donors (Lipinski definition) is 1. The van der Waals surface area contributed by atoms with Gasteiger partial charge in [0.1, 0.15) is 11.6 Å². The fraction of sp³-hybridized carbons (Fsp3) is 0.467. The molecule has 0 atom stereocenters. The van der Waals surface area contributed by atoms with Crippen LogP contribution in [0.1, 0.15) is 25.3 Å². The highest BCUT2D eigenvalue weighted by Gasteiger charge is 2.37. The Morgan fingerprint density at radius 2 is 1.90 bits per heavy atom. The molecule has 0 spiro atoms. The number of carbonyl (C=O) groups is 2. The number of benzene rings is 1. The SMILES string of the molecule is CC1(C(=O)O)CCN(C(=O)Cc2ccc(F)cc2F)CC1. The Balaban J connectivity index is 1.98. The zero-order valence-electron chi connectivity index (χ0n) is 11.7. The third-order valence-electron chi connectivity index (χ3n) is 4.09. The average molecular weight is 297 g/mol. The summed E-state index contributed by atoms with van der Waals surface area (Å²) in [6.45, 7) is 2.34. The molecule has 21 heavy (non-hydrogen) atoms. The van der Waals surface area contributed by atoms with E-state index in [9.17, 15) is 18.4 Å². The summed E-state index contributed by atoms with van der Waals surface area (Å²) < 4.78 is 26.3. The van der Waals surface area contributed by atoms with Crippen LogP contribution in [-0.4, -0.2) is 35.0 Å². The van der Waals surface area contributed by atoms with Crippen LogP contribution in [0.2, 0.25) is 0 Å². The molecule has 0 unspecified atom stereocenters. The zero-order chi connectivity index (χ0) is 15.6. The van der Waals surface area contributed by atoms with Crippen LogP contribution in [0, 0.1) is 17.0 Å². The molecule has 6 heteroatoms. The van der Waals surface area contributed by atoms with E-state index in [0.29, 0.717) is 25.9 Å². The highest BCUT2D eigenvalue weighted by Crippen LogP contribution is 2.31. The number of carbonyl (C=O) groups excluding carboxylic acids is 1. The second-order valence-electron chi connectivity index (χ2n) is 5.66. The van der Waals surface area contributed by atoms with E-state index in [1.54, 1.807) is 6.92 Å². The van der Waals surface area contributed by atoms with Crippen molar-refractivity contribution >= 4 is 11.9 Å². The van der Waals surface area contributed by atoms with Gasteiger partial charge in [-0.25, -0.2) is 8.78 Å². The van der Waals surface area contributed by atoms with Gasteiger partial charge in [-0.2, -0.15) is 0 Å². The van der Waals surface area contributed by atoms with Crippen LogP contribution in [0.4, 0.5) is 8.78 Å². The van der Waals surface area contributed by atoms with E-state index in [2.05, 4.69) is 0 Å². The fourth-order valence-corrected chi connectivity index (χ4v) is 2.40. The van der Waals surface area contributed by atoms with Gasteiger partial charge in [-0.15, -0.1) is 0 Å². The highest BCUT2D eigenvalue weighted by molar-refractivity contribution is 5.80. The molecule has 1 amide bonds. The van der Waals surface area contributed by atoms with Crippen LogP contribution in [0.5, 0.6) is 0 Å². The minimum Gasteiger partial charge on any atom is -0.481 e. The summed E-state index contributed by atoms with van der Waals surface area (Å²) in [6, 6.07) is 3.12. The summed E-state index contributed by atoms with van der Waals surface area (Å²) in [5.41, 5.74) is -0.661. The summed E-state index contributed by atoms with van der Waals surface area (Å²) >= 11 is 0. The van der Waals surface area contributed by atoms with Gasteiger partial charge in [0, 0.05) is 19.2 Å². The lowest BCUT2D eigenvalue weighted by Gasteiger charge is -2.36. The quantitative estimate of drug-likeness (QED) is 0.930. The second-order valence-corrected chi connectivity index (χ2v) is 5.66. The van der Waals surface area contributed by atoms with Gasteiger partial charge in [0.05, 0.1) is 11.8 Å². The number of rotatable bonds is 3. The lowest BCUT2D eigenvalue weighted by atomic mass is 9.80. The molecule has 1 heterocycles. The first-order valence-corrected chi connectivity index (χ1v) is 6.77. The van der Waals surface area contributed by atoms with Crippen molar-refractivity contribution in [1.82, 2.24) is 4.90 Å². The summed E-state index contributed by atoms with van der Waals surface area (Å²) in [7, 11) is 0.